The van der Waals surface area contributed by atoms with Gasteiger partial charge in [-0.1, -0.05) is 31.7 Å². The second-order valence-corrected chi connectivity index (χ2v) is 2.80. The number of H-pyrrole nitrogens is 1. The van der Waals surface area contributed by atoms with Gasteiger partial charge in [-0.15, -0.1) is 0 Å². The average molecular weight is 161 g/mol. The summed E-state index contributed by atoms with van der Waals surface area (Å²) >= 11 is 0. The monoisotopic (exact) mass is 161 g/mol. The molecule has 0 aliphatic heterocycles. The molecule has 1 aromatic rings. The molecule has 12 heavy (non-hydrogen) atoms. The van der Waals surface area contributed by atoms with E-state index in [9.17, 15) is 0 Å². The number of hydrogen-bond acceptors (Lipinski definition) is 0. The van der Waals surface area contributed by atoms with Gasteiger partial charge in [0.2, 0.25) is 0 Å². The number of aromatic nitrogens is 1. The molecule has 0 atom stereocenters. The molecule has 0 bridgehead atoms. The van der Waals surface area contributed by atoms with Crippen LogP contribution in [0.5, 0.6) is 0 Å². The summed E-state index contributed by atoms with van der Waals surface area (Å²) in [6, 6.07) is 0. The van der Waals surface area contributed by atoms with Gasteiger partial charge < -0.3 is 4.98 Å². The van der Waals surface area contributed by atoms with Gasteiger partial charge in [0.25, 0.3) is 0 Å². The minimum Gasteiger partial charge on any atom is -0.364 e. The van der Waals surface area contributed by atoms with Gasteiger partial charge in [0.1, 0.15) is 0 Å². The van der Waals surface area contributed by atoms with Crippen LogP contribution in [0.15, 0.2) is 24.9 Å². The Balaban J connectivity index is 3.01. The molecule has 1 aromatic heterocycles. The third-order valence-corrected chi connectivity index (χ3v) is 1.99. The molecule has 0 spiro atoms. The second-order valence-electron chi connectivity index (χ2n) is 2.80. The Labute approximate surface area is 73.8 Å². The van der Waals surface area contributed by atoms with Crippen molar-refractivity contribution in [3.8, 4) is 0 Å². The lowest BCUT2D eigenvalue weighted by molar-refractivity contribution is 1.14. The zero-order valence-corrected chi connectivity index (χ0v) is 7.72. The summed E-state index contributed by atoms with van der Waals surface area (Å²) in [5, 5.41) is 0. The summed E-state index contributed by atoms with van der Waals surface area (Å²) in [5.41, 5.74) is 3.90. The van der Waals surface area contributed by atoms with Crippen molar-refractivity contribution < 1.29 is 0 Å². The molecule has 0 amide bonds. The summed E-state index contributed by atoms with van der Waals surface area (Å²) < 4.78 is 0. The van der Waals surface area contributed by atoms with Crippen molar-refractivity contribution in [1.29, 1.82) is 0 Å². The van der Waals surface area contributed by atoms with Gasteiger partial charge >= 0.3 is 0 Å². The minimum atomic E-state index is 1.07. The maximum atomic E-state index is 3.65. The molecule has 1 nitrogen and oxygen atoms in total. The predicted molar refractivity (Wildman–Crippen MR) is 54.1 cm³/mol. The van der Waals surface area contributed by atoms with Crippen LogP contribution < -0.4 is 0 Å². The molecule has 64 valence electrons. The van der Waals surface area contributed by atoms with E-state index in [0.717, 1.165) is 6.42 Å². The molecule has 0 unspecified atom stereocenters. The van der Waals surface area contributed by atoms with Crippen LogP contribution in [0.3, 0.4) is 0 Å². The maximum Gasteiger partial charge on any atom is 0.0191 e. The van der Waals surface area contributed by atoms with Crippen LogP contribution in [0.25, 0.3) is 6.08 Å². The van der Waals surface area contributed by atoms with Crippen molar-refractivity contribution in [1.82, 2.24) is 4.98 Å². The predicted octanol–water partition coefficient (Wildman–Crippen LogP) is 3.08. The Kier molecular flexibility index (Phi) is 2.92. The topological polar surface area (TPSA) is 15.8 Å². The fourth-order valence-corrected chi connectivity index (χ4v) is 1.28. The molecule has 0 aliphatic rings. The van der Waals surface area contributed by atoms with Crippen molar-refractivity contribution in [2.24, 2.45) is 0 Å². The van der Waals surface area contributed by atoms with Crippen LogP contribution in [-0.4, -0.2) is 4.98 Å². The Bertz CT molecular complexity index is 292. The lowest BCUT2D eigenvalue weighted by Gasteiger charge is -1.94. The molecule has 1 rings (SSSR count). The number of allylic oxidation sites excluding steroid dienone is 2. The van der Waals surface area contributed by atoms with Crippen LogP contribution in [0.4, 0.5) is 0 Å². The Morgan fingerprint density at radius 3 is 2.92 bits per heavy atom. The van der Waals surface area contributed by atoms with E-state index in [1.54, 1.807) is 6.08 Å². The number of nitrogens with one attached hydrogen (secondary N) is 1. The molecule has 0 saturated heterocycles. The van der Waals surface area contributed by atoms with Gasteiger partial charge in [-0.2, -0.15) is 0 Å². The quantitative estimate of drug-likeness (QED) is 0.656. The van der Waals surface area contributed by atoms with E-state index in [2.05, 4.69) is 37.7 Å². The van der Waals surface area contributed by atoms with Crippen molar-refractivity contribution in [3.05, 3.63) is 41.7 Å². The van der Waals surface area contributed by atoms with Gasteiger partial charge in [-0.25, -0.2) is 0 Å². The van der Waals surface area contributed by atoms with E-state index in [1.165, 1.54) is 16.8 Å². The highest BCUT2D eigenvalue weighted by molar-refractivity contribution is 5.57. The van der Waals surface area contributed by atoms with Crippen molar-refractivity contribution in [2.75, 3.05) is 0 Å². The Morgan fingerprint density at radius 1 is 1.58 bits per heavy atom. The van der Waals surface area contributed by atoms with E-state index in [1.807, 2.05) is 6.08 Å². The fraction of sp³-hybridized carbons (Fsp3) is 0.273. The molecular formula is C11H15N. The van der Waals surface area contributed by atoms with Crippen molar-refractivity contribution in [3.63, 3.8) is 0 Å². The number of aromatic amines is 1. The fourth-order valence-electron chi connectivity index (χ4n) is 1.28. The van der Waals surface area contributed by atoms with Crippen molar-refractivity contribution in [2.45, 2.75) is 20.3 Å². The molecule has 1 heterocycles. The van der Waals surface area contributed by atoms with E-state index in [0.29, 0.717) is 0 Å². The largest absolute Gasteiger partial charge is 0.364 e. The van der Waals surface area contributed by atoms with Gasteiger partial charge in [0, 0.05) is 11.9 Å². The van der Waals surface area contributed by atoms with E-state index in [-0.39, 0.29) is 0 Å². The number of aryl methyl sites for hydroxylation is 2. The van der Waals surface area contributed by atoms with Gasteiger partial charge in [0.15, 0.2) is 0 Å². The second kappa shape index (κ2) is 3.96. The molecule has 1 N–H and O–H groups in total. The highest BCUT2D eigenvalue weighted by atomic mass is 14.7. The lowest BCUT2D eigenvalue weighted by atomic mass is 10.1. The standard InChI is InChI=1S/C11H15N/c1-4-6-7-11-9(3)12-8-10(11)5-2/h4,6-8,12H,1,5H2,2-3H3/b7-6-. The Hall–Kier alpha value is -1.24. The van der Waals surface area contributed by atoms with Crippen LogP contribution in [-0.2, 0) is 6.42 Å². The zero-order chi connectivity index (χ0) is 8.97. The molecule has 0 aromatic carbocycles. The van der Waals surface area contributed by atoms with E-state index < -0.39 is 0 Å². The zero-order valence-electron chi connectivity index (χ0n) is 7.72. The number of hydrogen-bond donors (Lipinski definition) is 1. The minimum absolute atomic E-state index is 1.07. The molecular weight excluding hydrogens is 146 g/mol. The van der Waals surface area contributed by atoms with Gasteiger partial charge in [0.05, 0.1) is 0 Å². The molecule has 0 saturated carbocycles. The lowest BCUT2D eigenvalue weighted by Crippen LogP contribution is -1.80. The first-order chi connectivity index (χ1) is 5.79. The van der Waals surface area contributed by atoms with Gasteiger partial charge in [-0.05, 0) is 24.5 Å². The third kappa shape index (κ3) is 1.67. The highest BCUT2D eigenvalue weighted by Crippen LogP contribution is 2.15. The summed E-state index contributed by atoms with van der Waals surface area (Å²) in [7, 11) is 0. The summed E-state index contributed by atoms with van der Waals surface area (Å²) in [6.07, 6.45) is 9.00. The molecule has 1 heteroatoms. The molecule has 0 fully saturated rings. The first-order valence-electron chi connectivity index (χ1n) is 4.25. The van der Waals surface area contributed by atoms with Gasteiger partial charge in [-0.3, -0.25) is 0 Å². The molecule has 0 radical (unpaired) electrons. The maximum absolute atomic E-state index is 3.65. The summed E-state index contributed by atoms with van der Waals surface area (Å²) in [4.78, 5) is 3.21. The average Bonchev–Trinajstić information content (AvgIpc) is 2.43. The van der Waals surface area contributed by atoms with Crippen LogP contribution in [0.2, 0.25) is 0 Å². The van der Waals surface area contributed by atoms with E-state index in [4.69, 9.17) is 0 Å². The molecule has 0 aliphatic carbocycles. The highest BCUT2D eigenvalue weighted by Gasteiger charge is 2.01. The first-order valence-corrected chi connectivity index (χ1v) is 4.25. The normalized spacial score (nSPS) is 10.8. The van der Waals surface area contributed by atoms with Crippen LogP contribution in [0.1, 0.15) is 23.7 Å². The van der Waals surface area contributed by atoms with Crippen LogP contribution in [0, 0.1) is 6.92 Å². The van der Waals surface area contributed by atoms with E-state index >= 15 is 0 Å². The summed E-state index contributed by atoms with van der Waals surface area (Å²) in [6.45, 7) is 7.89. The van der Waals surface area contributed by atoms with Crippen molar-refractivity contribution >= 4 is 6.08 Å². The summed E-state index contributed by atoms with van der Waals surface area (Å²) in [5.74, 6) is 0. The Morgan fingerprint density at radius 2 is 2.33 bits per heavy atom. The first kappa shape index (κ1) is 8.85. The SMILES string of the molecule is C=C/C=C\c1c(CC)c[nH]c1C. The smallest absolute Gasteiger partial charge is 0.0191 e. The third-order valence-electron chi connectivity index (χ3n) is 1.99. The number of rotatable bonds is 3. The van der Waals surface area contributed by atoms with Crippen LogP contribution >= 0.6 is 0 Å².